The maximum atomic E-state index is 14.4. The first-order valence-electron chi connectivity index (χ1n) is 13.0. The number of ether oxygens (including phenoxy) is 1. The van der Waals surface area contributed by atoms with E-state index >= 15 is 0 Å². The van der Waals surface area contributed by atoms with Gasteiger partial charge in [0.25, 0.3) is 5.91 Å². The van der Waals surface area contributed by atoms with Crippen LogP contribution in [-0.2, 0) is 11.8 Å². The lowest BCUT2D eigenvalue weighted by molar-refractivity contribution is -0.112. The SMILES string of the molecule is C=C(/C=C\N=C(/C)c1c(F)cccc1OC)C(=O)Nc1ccc2c(c(C)nn2C)c1N1CCC(N(C)C)CC1. The Morgan fingerprint density at radius 2 is 1.97 bits per heavy atom. The summed E-state index contributed by atoms with van der Waals surface area (Å²) in [4.78, 5) is 22.1. The van der Waals surface area contributed by atoms with Crippen LogP contribution in [0.1, 0.15) is 31.0 Å². The third kappa shape index (κ3) is 5.88. The van der Waals surface area contributed by atoms with Crippen molar-refractivity contribution in [3.8, 4) is 5.75 Å². The number of aryl methyl sites for hydroxylation is 2. The minimum Gasteiger partial charge on any atom is -0.496 e. The van der Waals surface area contributed by atoms with Crippen molar-refractivity contribution < 1.29 is 13.9 Å². The Balaban J connectivity index is 1.57. The van der Waals surface area contributed by atoms with E-state index in [1.165, 1.54) is 25.5 Å². The number of hydrogen-bond donors (Lipinski definition) is 1. The van der Waals surface area contributed by atoms with Crippen LogP contribution >= 0.6 is 0 Å². The quantitative estimate of drug-likeness (QED) is 0.249. The van der Waals surface area contributed by atoms with Crippen LogP contribution < -0.4 is 15.0 Å². The number of nitrogens with zero attached hydrogens (tertiary/aromatic N) is 5. The molecule has 0 unspecified atom stereocenters. The number of benzene rings is 2. The minimum atomic E-state index is -0.427. The predicted octanol–water partition coefficient (Wildman–Crippen LogP) is 5.08. The molecule has 0 spiro atoms. The van der Waals surface area contributed by atoms with E-state index < -0.39 is 5.82 Å². The van der Waals surface area contributed by atoms with Crippen molar-refractivity contribution >= 4 is 33.9 Å². The Labute approximate surface area is 229 Å². The van der Waals surface area contributed by atoms with Gasteiger partial charge in [0, 0.05) is 43.3 Å². The lowest BCUT2D eigenvalue weighted by Gasteiger charge is -2.37. The van der Waals surface area contributed by atoms with Gasteiger partial charge in [-0.3, -0.25) is 14.5 Å². The second-order valence-electron chi connectivity index (χ2n) is 10.1. The second-order valence-corrected chi connectivity index (χ2v) is 10.1. The maximum absolute atomic E-state index is 14.4. The molecule has 4 rings (SSSR count). The molecule has 0 atom stereocenters. The van der Waals surface area contributed by atoms with Crippen LogP contribution in [0.2, 0.25) is 0 Å². The number of nitrogens with one attached hydrogen (secondary N) is 1. The molecule has 2 aromatic carbocycles. The summed E-state index contributed by atoms with van der Waals surface area (Å²) in [6, 6.07) is 9.05. The highest BCUT2D eigenvalue weighted by Gasteiger charge is 2.26. The van der Waals surface area contributed by atoms with Crippen LogP contribution in [0.4, 0.5) is 15.8 Å². The average Bonchev–Trinajstić information content (AvgIpc) is 3.21. The van der Waals surface area contributed by atoms with Crippen molar-refractivity contribution in [3.05, 3.63) is 71.8 Å². The van der Waals surface area contributed by atoms with E-state index in [-0.39, 0.29) is 17.0 Å². The summed E-state index contributed by atoms with van der Waals surface area (Å²) in [6.45, 7) is 9.37. The molecule has 1 saturated heterocycles. The van der Waals surface area contributed by atoms with Crippen molar-refractivity contribution in [1.29, 1.82) is 0 Å². The van der Waals surface area contributed by atoms with E-state index in [4.69, 9.17) is 4.74 Å². The van der Waals surface area contributed by atoms with Gasteiger partial charge in [-0.2, -0.15) is 5.10 Å². The molecule has 1 N–H and O–H groups in total. The molecule has 0 aliphatic carbocycles. The Morgan fingerprint density at radius 1 is 1.26 bits per heavy atom. The molecule has 0 bridgehead atoms. The number of fused-ring (bicyclic) bond motifs is 1. The number of aromatic nitrogens is 2. The Morgan fingerprint density at radius 3 is 2.64 bits per heavy atom. The van der Waals surface area contributed by atoms with Crippen LogP contribution in [0.3, 0.4) is 0 Å². The molecule has 1 aliphatic rings. The maximum Gasteiger partial charge on any atom is 0.255 e. The van der Waals surface area contributed by atoms with Gasteiger partial charge >= 0.3 is 0 Å². The van der Waals surface area contributed by atoms with Crippen LogP contribution in [0.5, 0.6) is 5.75 Å². The van der Waals surface area contributed by atoms with Gasteiger partial charge in [-0.05, 0) is 71.1 Å². The summed E-state index contributed by atoms with van der Waals surface area (Å²) in [7, 11) is 7.66. The van der Waals surface area contributed by atoms with Crippen molar-refractivity contribution in [2.24, 2.45) is 12.0 Å². The zero-order valence-electron chi connectivity index (χ0n) is 23.6. The zero-order chi connectivity index (χ0) is 28.3. The molecule has 1 fully saturated rings. The van der Waals surface area contributed by atoms with Gasteiger partial charge in [0.1, 0.15) is 11.6 Å². The van der Waals surface area contributed by atoms with Gasteiger partial charge in [0.05, 0.1) is 41.0 Å². The molecule has 3 aromatic rings. The van der Waals surface area contributed by atoms with Crippen LogP contribution in [0, 0.1) is 12.7 Å². The number of carbonyl (C=O) groups excluding carboxylic acids is 1. The first-order valence-corrected chi connectivity index (χ1v) is 13.0. The number of amides is 1. The molecule has 9 heteroatoms. The zero-order valence-corrected chi connectivity index (χ0v) is 23.6. The van der Waals surface area contributed by atoms with Gasteiger partial charge in [-0.25, -0.2) is 4.39 Å². The van der Waals surface area contributed by atoms with E-state index in [2.05, 4.69) is 45.9 Å². The molecule has 39 heavy (non-hydrogen) atoms. The number of methoxy groups -OCH3 is 1. The predicted molar refractivity (Wildman–Crippen MR) is 156 cm³/mol. The fourth-order valence-electron chi connectivity index (χ4n) is 5.18. The fraction of sp³-hybridized carbons (Fsp3) is 0.367. The van der Waals surface area contributed by atoms with Gasteiger partial charge in [-0.1, -0.05) is 12.6 Å². The Kier molecular flexibility index (Phi) is 8.50. The summed E-state index contributed by atoms with van der Waals surface area (Å²) in [5.74, 6) is -0.374. The number of hydrogen-bond acceptors (Lipinski definition) is 6. The first kappa shape index (κ1) is 28.0. The third-order valence-corrected chi connectivity index (χ3v) is 7.32. The van der Waals surface area contributed by atoms with E-state index in [1.54, 1.807) is 19.1 Å². The first-order chi connectivity index (χ1) is 18.6. The van der Waals surface area contributed by atoms with E-state index in [0.29, 0.717) is 17.5 Å². The molecule has 8 nitrogen and oxygen atoms in total. The van der Waals surface area contributed by atoms with Gasteiger partial charge in [0.2, 0.25) is 0 Å². The Bertz CT molecular complexity index is 1450. The number of aliphatic imine (C=N–C) groups is 1. The number of anilines is 2. The minimum absolute atomic E-state index is 0.229. The normalized spacial score (nSPS) is 15.0. The standard InChI is InChI=1S/C30H37FN6O2/c1-19(13-16-32-20(2)27-23(31)9-8-10-26(27)39-7)30(38)33-24-11-12-25-28(21(3)34-36(25)6)29(24)37-17-14-22(15-18-37)35(4)5/h8-13,16,22H,1,14-15,17-18H2,2-7H3,(H,33,38)/b16-13-,32-20+. The number of carbonyl (C=O) groups is 1. The van der Waals surface area contributed by atoms with E-state index in [0.717, 1.165) is 53.9 Å². The lowest BCUT2D eigenvalue weighted by atomic mass is 10.0. The largest absolute Gasteiger partial charge is 0.496 e. The summed E-state index contributed by atoms with van der Waals surface area (Å²) >= 11 is 0. The van der Waals surface area contributed by atoms with Crippen LogP contribution in [0.15, 0.2) is 59.8 Å². The highest BCUT2D eigenvalue weighted by molar-refractivity contribution is 6.11. The molecular formula is C30H37FN6O2. The lowest BCUT2D eigenvalue weighted by Crippen LogP contribution is -2.42. The van der Waals surface area contributed by atoms with Crippen LogP contribution in [0.25, 0.3) is 10.9 Å². The molecule has 0 radical (unpaired) electrons. The van der Waals surface area contributed by atoms with Crippen molar-refractivity contribution in [3.63, 3.8) is 0 Å². The summed E-state index contributed by atoms with van der Waals surface area (Å²) in [6.07, 6.45) is 5.04. The molecule has 1 amide bonds. The number of halogens is 1. The highest BCUT2D eigenvalue weighted by atomic mass is 19.1. The van der Waals surface area contributed by atoms with Gasteiger partial charge in [0.15, 0.2) is 0 Å². The Hall–Kier alpha value is -3.98. The number of rotatable bonds is 8. The summed E-state index contributed by atoms with van der Waals surface area (Å²) in [5, 5.41) is 8.74. The van der Waals surface area contributed by atoms with Crippen molar-refractivity contribution in [2.75, 3.05) is 44.5 Å². The monoisotopic (exact) mass is 532 g/mol. The van der Waals surface area contributed by atoms with Gasteiger partial charge in [-0.15, -0.1) is 0 Å². The smallest absolute Gasteiger partial charge is 0.255 e. The van der Waals surface area contributed by atoms with Crippen molar-refractivity contribution in [2.45, 2.75) is 32.7 Å². The molecule has 0 saturated carbocycles. The second kappa shape index (κ2) is 11.8. The summed E-state index contributed by atoms with van der Waals surface area (Å²) < 4.78 is 21.5. The van der Waals surface area contributed by atoms with Crippen LogP contribution in [-0.4, -0.2) is 66.6 Å². The molecule has 1 aliphatic heterocycles. The van der Waals surface area contributed by atoms with Gasteiger partial charge < -0.3 is 19.9 Å². The third-order valence-electron chi connectivity index (χ3n) is 7.32. The number of piperidine rings is 1. The molecular weight excluding hydrogens is 495 g/mol. The molecule has 2 heterocycles. The molecule has 1 aromatic heterocycles. The van der Waals surface area contributed by atoms with E-state index in [9.17, 15) is 9.18 Å². The molecule has 206 valence electrons. The highest BCUT2D eigenvalue weighted by Crippen LogP contribution is 2.38. The topological polar surface area (TPSA) is 75.0 Å². The average molecular weight is 533 g/mol. The van der Waals surface area contributed by atoms with Crippen molar-refractivity contribution in [1.82, 2.24) is 14.7 Å². The van der Waals surface area contributed by atoms with E-state index in [1.807, 2.05) is 30.8 Å². The fourth-order valence-corrected chi connectivity index (χ4v) is 5.18. The summed E-state index contributed by atoms with van der Waals surface area (Å²) in [5.41, 5.74) is 4.58.